The van der Waals surface area contributed by atoms with Gasteiger partial charge in [-0.15, -0.1) is 0 Å². The summed E-state index contributed by atoms with van der Waals surface area (Å²) >= 11 is 0. The average Bonchev–Trinajstić information content (AvgIpc) is 3.24. The fourth-order valence-corrected chi connectivity index (χ4v) is 4.37. The van der Waals surface area contributed by atoms with Crippen LogP contribution in [0.4, 0.5) is 4.79 Å². The molecule has 8 nitrogen and oxygen atoms in total. The summed E-state index contributed by atoms with van der Waals surface area (Å²) in [6, 6.07) is -0.202. The van der Waals surface area contributed by atoms with Gasteiger partial charge in [0.25, 0.3) is 0 Å². The van der Waals surface area contributed by atoms with E-state index < -0.39 is 5.97 Å². The summed E-state index contributed by atoms with van der Waals surface area (Å²) in [4.78, 5) is 22.2. The minimum atomic E-state index is -0.718. The third-order valence-electron chi connectivity index (χ3n) is 5.67. The summed E-state index contributed by atoms with van der Waals surface area (Å²) in [5.41, 5.74) is 5.75. The maximum Gasteiger partial charge on any atom is 0.329 e. The van der Waals surface area contributed by atoms with Crippen LogP contribution in [0.3, 0.4) is 0 Å². The summed E-state index contributed by atoms with van der Waals surface area (Å²) < 4.78 is 11.9. The summed E-state index contributed by atoms with van der Waals surface area (Å²) in [5.74, 6) is 0.0653. The van der Waals surface area contributed by atoms with Crippen molar-refractivity contribution in [3.8, 4) is 0 Å². The highest BCUT2D eigenvalue weighted by Gasteiger charge is 2.68. The van der Waals surface area contributed by atoms with E-state index in [1.165, 1.54) is 0 Å². The number of ether oxygens (including phenoxy) is 2. The monoisotopic (exact) mass is 369 g/mol. The number of hydrazine groups is 1. The van der Waals surface area contributed by atoms with Gasteiger partial charge in [0, 0.05) is 25.4 Å². The SMILES string of the molecule is CCCNC(=O)NNCC1C(CCCCCCC(=O)O)C2OC1C1OC21. The van der Waals surface area contributed by atoms with Crippen molar-refractivity contribution in [1.29, 1.82) is 0 Å². The lowest BCUT2D eigenvalue weighted by atomic mass is 9.76. The molecule has 3 fully saturated rings. The molecule has 4 N–H and O–H groups in total. The maximum absolute atomic E-state index is 11.6. The second-order valence-corrected chi connectivity index (χ2v) is 7.57. The van der Waals surface area contributed by atoms with Crippen molar-refractivity contribution < 1.29 is 24.2 Å². The molecule has 0 spiro atoms. The molecule has 0 aromatic rings. The molecule has 6 atom stereocenters. The molecule has 3 heterocycles. The van der Waals surface area contributed by atoms with E-state index in [0.717, 1.165) is 38.5 Å². The molecule has 3 aliphatic heterocycles. The van der Waals surface area contributed by atoms with Crippen molar-refractivity contribution in [3.63, 3.8) is 0 Å². The van der Waals surface area contributed by atoms with E-state index >= 15 is 0 Å². The Morgan fingerprint density at radius 2 is 1.65 bits per heavy atom. The van der Waals surface area contributed by atoms with E-state index in [0.29, 0.717) is 24.9 Å². The number of carboxylic acids is 1. The van der Waals surface area contributed by atoms with Crippen LogP contribution in [0.5, 0.6) is 0 Å². The minimum Gasteiger partial charge on any atom is -0.481 e. The van der Waals surface area contributed by atoms with Gasteiger partial charge in [-0.1, -0.05) is 26.2 Å². The molecule has 2 bridgehead atoms. The van der Waals surface area contributed by atoms with Gasteiger partial charge in [-0.25, -0.2) is 10.2 Å². The van der Waals surface area contributed by atoms with Crippen LogP contribution in [0.25, 0.3) is 0 Å². The lowest BCUT2D eigenvalue weighted by Gasteiger charge is -2.26. The van der Waals surface area contributed by atoms with Crippen LogP contribution >= 0.6 is 0 Å². The van der Waals surface area contributed by atoms with Gasteiger partial charge >= 0.3 is 12.0 Å². The second kappa shape index (κ2) is 9.01. The van der Waals surface area contributed by atoms with Gasteiger partial charge in [-0.05, 0) is 25.2 Å². The van der Waals surface area contributed by atoms with Crippen LogP contribution in [0.1, 0.15) is 51.9 Å². The highest BCUT2D eigenvalue weighted by atomic mass is 16.7. The zero-order valence-electron chi connectivity index (χ0n) is 15.4. The first kappa shape index (κ1) is 19.4. The standard InChI is InChI=1S/C18H31N3O5/c1-2-9-19-18(24)21-20-10-12-11(7-5-3-4-6-8-13(22)23)14-16-17(26-16)15(12)25-14/h11-12,14-17,20H,2-10H2,1H3,(H,22,23)(H2,19,21,24). The minimum absolute atomic E-state index is 0.134. The van der Waals surface area contributed by atoms with Gasteiger partial charge in [0.05, 0.1) is 12.2 Å². The largest absolute Gasteiger partial charge is 0.481 e. The summed E-state index contributed by atoms with van der Waals surface area (Å²) in [5, 5.41) is 11.5. The summed E-state index contributed by atoms with van der Waals surface area (Å²) in [6.45, 7) is 3.35. The normalized spacial score (nSPS) is 33.7. The van der Waals surface area contributed by atoms with Crippen molar-refractivity contribution in [2.24, 2.45) is 11.8 Å². The number of carbonyl (C=O) groups is 2. The number of nitrogens with one attached hydrogen (secondary N) is 3. The molecule has 3 aliphatic rings. The number of rotatable bonds is 12. The van der Waals surface area contributed by atoms with E-state index in [9.17, 15) is 9.59 Å². The van der Waals surface area contributed by atoms with Crippen molar-refractivity contribution in [1.82, 2.24) is 16.2 Å². The first-order chi connectivity index (χ1) is 12.6. The van der Waals surface area contributed by atoms with E-state index in [4.69, 9.17) is 14.6 Å². The lowest BCUT2D eigenvalue weighted by molar-refractivity contribution is -0.137. The number of urea groups is 1. The van der Waals surface area contributed by atoms with Gasteiger partial charge in [-0.2, -0.15) is 0 Å². The van der Waals surface area contributed by atoms with Crippen molar-refractivity contribution in [2.75, 3.05) is 13.1 Å². The lowest BCUT2D eigenvalue weighted by Crippen LogP contribution is -2.49. The van der Waals surface area contributed by atoms with Gasteiger partial charge in [0.15, 0.2) is 0 Å². The van der Waals surface area contributed by atoms with Crippen LogP contribution in [0, 0.1) is 11.8 Å². The number of carbonyl (C=O) groups excluding carboxylic acids is 1. The topological polar surface area (TPSA) is 112 Å². The van der Waals surface area contributed by atoms with Crippen LogP contribution in [-0.2, 0) is 14.3 Å². The van der Waals surface area contributed by atoms with Gasteiger partial charge in [0.1, 0.15) is 12.2 Å². The second-order valence-electron chi connectivity index (χ2n) is 7.57. The average molecular weight is 369 g/mol. The van der Waals surface area contributed by atoms with Crippen LogP contribution < -0.4 is 16.2 Å². The molecule has 0 aromatic carbocycles. The Kier molecular flexibility index (Phi) is 6.72. The van der Waals surface area contributed by atoms with Crippen LogP contribution in [0.2, 0.25) is 0 Å². The van der Waals surface area contributed by atoms with Crippen molar-refractivity contribution in [3.05, 3.63) is 0 Å². The number of fused-ring (bicyclic) bond motifs is 5. The predicted molar refractivity (Wildman–Crippen MR) is 94.5 cm³/mol. The number of carboxylic acid groups (broad SMARTS) is 1. The maximum atomic E-state index is 11.6. The molecule has 3 rings (SSSR count). The zero-order valence-corrected chi connectivity index (χ0v) is 15.4. The smallest absolute Gasteiger partial charge is 0.329 e. The molecule has 6 unspecified atom stereocenters. The molecular weight excluding hydrogens is 338 g/mol. The zero-order chi connectivity index (χ0) is 18.5. The molecule has 2 amide bonds. The van der Waals surface area contributed by atoms with Gasteiger partial charge < -0.3 is 19.9 Å². The Bertz CT molecular complexity index is 503. The van der Waals surface area contributed by atoms with E-state index in [1.54, 1.807) is 0 Å². The van der Waals surface area contributed by atoms with Gasteiger partial charge in [-0.3, -0.25) is 10.2 Å². The molecule has 0 radical (unpaired) electrons. The summed E-state index contributed by atoms with van der Waals surface area (Å²) in [6.07, 6.45) is 6.89. The van der Waals surface area contributed by atoms with E-state index in [-0.39, 0.29) is 36.9 Å². The highest BCUT2D eigenvalue weighted by Crippen LogP contribution is 2.54. The number of epoxide rings is 1. The van der Waals surface area contributed by atoms with E-state index in [1.807, 2.05) is 6.92 Å². The predicted octanol–water partition coefficient (Wildman–Crippen LogP) is 1.41. The Balaban J connectivity index is 1.38. The number of hydrogen-bond acceptors (Lipinski definition) is 5. The molecule has 0 aromatic heterocycles. The third-order valence-corrected chi connectivity index (χ3v) is 5.67. The number of amides is 2. The van der Waals surface area contributed by atoms with Crippen LogP contribution in [-0.4, -0.2) is 54.6 Å². The van der Waals surface area contributed by atoms with Crippen molar-refractivity contribution >= 4 is 12.0 Å². The molecular formula is C18H31N3O5. The highest BCUT2D eigenvalue weighted by molar-refractivity contribution is 5.73. The van der Waals surface area contributed by atoms with Crippen molar-refractivity contribution in [2.45, 2.75) is 76.3 Å². The first-order valence-electron chi connectivity index (χ1n) is 9.91. The number of unbranched alkanes of at least 4 members (excludes halogenated alkanes) is 3. The number of hydrogen-bond donors (Lipinski definition) is 4. The molecule has 26 heavy (non-hydrogen) atoms. The third kappa shape index (κ3) is 4.66. The Hall–Kier alpha value is -1.38. The Morgan fingerprint density at radius 1 is 0.962 bits per heavy atom. The molecule has 3 saturated heterocycles. The quantitative estimate of drug-likeness (QED) is 0.235. The molecule has 0 saturated carbocycles. The summed E-state index contributed by atoms with van der Waals surface area (Å²) in [7, 11) is 0. The van der Waals surface area contributed by atoms with Gasteiger partial charge in [0.2, 0.25) is 0 Å². The molecule has 0 aliphatic carbocycles. The molecule has 8 heteroatoms. The molecule has 148 valence electrons. The fourth-order valence-electron chi connectivity index (χ4n) is 4.37. The van der Waals surface area contributed by atoms with Crippen LogP contribution in [0.15, 0.2) is 0 Å². The Morgan fingerprint density at radius 3 is 2.38 bits per heavy atom. The van der Waals surface area contributed by atoms with E-state index in [2.05, 4.69) is 16.2 Å². The number of aliphatic carboxylic acids is 1. The Labute approximate surface area is 154 Å². The first-order valence-corrected chi connectivity index (χ1v) is 9.91. The fraction of sp³-hybridized carbons (Fsp3) is 0.889.